The molecule has 1 amide bonds. The van der Waals surface area contributed by atoms with E-state index in [1.54, 1.807) is 0 Å². The van der Waals surface area contributed by atoms with Crippen LogP contribution >= 0.6 is 0 Å². The van der Waals surface area contributed by atoms with E-state index in [1.807, 2.05) is 42.5 Å². The molecule has 0 unspecified atom stereocenters. The normalized spacial score (nSPS) is 12.1. The van der Waals surface area contributed by atoms with Crippen LogP contribution in [0.25, 0.3) is 10.9 Å². The van der Waals surface area contributed by atoms with Crippen molar-refractivity contribution in [2.45, 2.75) is 45.2 Å². The Morgan fingerprint density at radius 1 is 0.906 bits per heavy atom. The van der Waals surface area contributed by atoms with Crippen molar-refractivity contribution in [2.24, 2.45) is 0 Å². The predicted molar refractivity (Wildman–Crippen MR) is 128 cm³/mol. The average molecular weight is 429 g/mol. The van der Waals surface area contributed by atoms with Crippen LogP contribution in [0.5, 0.6) is 0 Å². The van der Waals surface area contributed by atoms with E-state index in [9.17, 15) is 9.18 Å². The third-order valence-corrected chi connectivity index (χ3v) is 5.87. The van der Waals surface area contributed by atoms with Gasteiger partial charge in [-0.25, -0.2) is 4.39 Å². The van der Waals surface area contributed by atoms with E-state index in [0.29, 0.717) is 19.4 Å². The highest BCUT2D eigenvalue weighted by atomic mass is 19.1. The lowest BCUT2D eigenvalue weighted by Gasteiger charge is -2.14. The third kappa shape index (κ3) is 5.64. The van der Waals surface area contributed by atoms with Crippen LogP contribution in [0.1, 0.15) is 36.5 Å². The molecule has 1 heterocycles. The second-order valence-corrected chi connectivity index (χ2v) is 8.42. The van der Waals surface area contributed by atoms with E-state index in [-0.39, 0.29) is 17.8 Å². The summed E-state index contributed by atoms with van der Waals surface area (Å²) >= 11 is 0. The number of nitrogens with zero attached hydrogens (tertiary/aromatic N) is 1. The fraction of sp³-hybridized carbons (Fsp3) is 0.250. The maximum atomic E-state index is 13.2. The van der Waals surface area contributed by atoms with Gasteiger partial charge in [0.2, 0.25) is 5.91 Å². The van der Waals surface area contributed by atoms with Crippen molar-refractivity contribution in [3.05, 3.63) is 108 Å². The zero-order valence-electron chi connectivity index (χ0n) is 18.4. The van der Waals surface area contributed by atoms with E-state index in [0.717, 1.165) is 29.5 Å². The summed E-state index contributed by atoms with van der Waals surface area (Å²) in [6.07, 6.45) is 5.15. The molecule has 3 nitrogen and oxygen atoms in total. The molecule has 1 N–H and O–H groups in total. The molecule has 32 heavy (non-hydrogen) atoms. The van der Waals surface area contributed by atoms with E-state index in [4.69, 9.17) is 0 Å². The number of carbonyl (C=O) groups is 1. The van der Waals surface area contributed by atoms with Gasteiger partial charge in [-0.2, -0.15) is 0 Å². The summed E-state index contributed by atoms with van der Waals surface area (Å²) in [5.41, 5.74) is 4.63. The lowest BCUT2D eigenvalue weighted by molar-refractivity contribution is -0.121. The standard InChI is InChI=1S/C28H29FN2O/c1-21(11-12-22-7-3-2-4-8-22)30-28(32)18-15-24-20-31(27-10-6-5-9-26(24)27)19-23-13-16-25(29)17-14-23/h2-10,13-14,16-17,20-21H,11-12,15,18-19H2,1H3,(H,30,32)/t21-/m1/s1. The number of nitrogens with one attached hydrogen (secondary N) is 1. The van der Waals surface area contributed by atoms with Gasteiger partial charge >= 0.3 is 0 Å². The zero-order chi connectivity index (χ0) is 22.3. The first-order valence-corrected chi connectivity index (χ1v) is 11.2. The van der Waals surface area contributed by atoms with Crippen LogP contribution < -0.4 is 5.32 Å². The molecule has 0 saturated heterocycles. The largest absolute Gasteiger partial charge is 0.354 e. The van der Waals surface area contributed by atoms with Crippen molar-refractivity contribution in [2.75, 3.05) is 0 Å². The number of hydrogen-bond donors (Lipinski definition) is 1. The predicted octanol–water partition coefficient (Wildman–Crippen LogP) is 5.90. The molecular weight excluding hydrogens is 399 g/mol. The fourth-order valence-corrected chi connectivity index (χ4v) is 4.13. The molecule has 0 saturated carbocycles. The second kappa shape index (κ2) is 10.3. The first-order valence-electron chi connectivity index (χ1n) is 11.2. The first-order chi connectivity index (χ1) is 15.6. The van der Waals surface area contributed by atoms with Gasteiger partial charge in [-0.05, 0) is 61.1 Å². The second-order valence-electron chi connectivity index (χ2n) is 8.42. The number of fused-ring (bicyclic) bond motifs is 1. The number of amides is 1. The molecule has 4 aromatic rings. The summed E-state index contributed by atoms with van der Waals surface area (Å²) in [5, 5.41) is 4.31. The van der Waals surface area contributed by atoms with Gasteiger partial charge in [-0.3, -0.25) is 4.79 Å². The molecule has 4 heteroatoms. The van der Waals surface area contributed by atoms with Crippen LogP contribution in [0.3, 0.4) is 0 Å². The highest BCUT2D eigenvalue weighted by Crippen LogP contribution is 2.24. The Balaban J connectivity index is 1.36. The quantitative estimate of drug-likeness (QED) is 0.354. The maximum absolute atomic E-state index is 13.2. The van der Waals surface area contributed by atoms with Gasteiger partial charge in [0.1, 0.15) is 5.82 Å². The van der Waals surface area contributed by atoms with Crippen LogP contribution in [0.2, 0.25) is 0 Å². The van der Waals surface area contributed by atoms with Crippen LogP contribution in [-0.4, -0.2) is 16.5 Å². The summed E-state index contributed by atoms with van der Waals surface area (Å²) in [7, 11) is 0. The van der Waals surface area contributed by atoms with Gasteiger partial charge in [0.15, 0.2) is 0 Å². The van der Waals surface area contributed by atoms with Crippen molar-refractivity contribution in [1.82, 2.24) is 9.88 Å². The smallest absolute Gasteiger partial charge is 0.220 e. The molecule has 1 atom stereocenters. The van der Waals surface area contributed by atoms with Crippen molar-refractivity contribution >= 4 is 16.8 Å². The number of hydrogen-bond acceptors (Lipinski definition) is 1. The number of halogens is 1. The van der Waals surface area contributed by atoms with Crippen LogP contribution in [-0.2, 0) is 24.2 Å². The molecule has 3 aromatic carbocycles. The summed E-state index contributed by atoms with van der Waals surface area (Å²) < 4.78 is 15.4. The lowest BCUT2D eigenvalue weighted by Crippen LogP contribution is -2.33. The summed E-state index contributed by atoms with van der Waals surface area (Å²) in [4.78, 5) is 12.6. The Hall–Kier alpha value is -3.40. The van der Waals surface area contributed by atoms with Gasteiger partial charge < -0.3 is 9.88 Å². The van der Waals surface area contributed by atoms with Gasteiger partial charge in [0.05, 0.1) is 0 Å². The molecule has 0 fully saturated rings. The maximum Gasteiger partial charge on any atom is 0.220 e. The highest BCUT2D eigenvalue weighted by Gasteiger charge is 2.12. The van der Waals surface area contributed by atoms with Crippen molar-refractivity contribution in [3.63, 3.8) is 0 Å². The van der Waals surface area contributed by atoms with Crippen molar-refractivity contribution in [1.29, 1.82) is 0 Å². The van der Waals surface area contributed by atoms with E-state index < -0.39 is 0 Å². The van der Waals surface area contributed by atoms with Gasteiger partial charge in [0, 0.05) is 36.1 Å². The molecule has 0 aliphatic rings. The lowest BCUT2D eigenvalue weighted by atomic mass is 10.1. The Morgan fingerprint density at radius 2 is 1.62 bits per heavy atom. The number of para-hydroxylation sites is 1. The molecule has 0 spiro atoms. The van der Waals surface area contributed by atoms with E-state index in [1.165, 1.54) is 23.1 Å². The minimum Gasteiger partial charge on any atom is -0.354 e. The third-order valence-electron chi connectivity index (χ3n) is 5.87. The minimum atomic E-state index is -0.226. The molecule has 4 rings (SSSR count). The number of rotatable bonds is 9. The molecule has 164 valence electrons. The van der Waals surface area contributed by atoms with Gasteiger partial charge in [-0.15, -0.1) is 0 Å². The summed E-state index contributed by atoms with van der Waals surface area (Å²) in [5.74, 6) is -0.142. The molecule has 0 bridgehead atoms. The average Bonchev–Trinajstić information content (AvgIpc) is 3.16. The molecule has 0 aliphatic heterocycles. The number of benzene rings is 3. The highest BCUT2D eigenvalue weighted by molar-refractivity contribution is 5.85. The summed E-state index contributed by atoms with van der Waals surface area (Å²) in [6, 6.07) is 25.4. The minimum absolute atomic E-state index is 0.0842. The Kier molecular flexibility index (Phi) is 7.00. The number of carbonyl (C=O) groups excluding carboxylic acids is 1. The Morgan fingerprint density at radius 3 is 2.41 bits per heavy atom. The SMILES string of the molecule is C[C@H](CCc1ccccc1)NC(=O)CCc1cn(Cc2ccc(F)cc2)c2ccccc12. The van der Waals surface area contributed by atoms with E-state index in [2.05, 4.69) is 47.3 Å². The van der Waals surface area contributed by atoms with Crippen LogP contribution in [0.15, 0.2) is 85.1 Å². The first kappa shape index (κ1) is 21.8. The molecule has 0 radical (unpaired) electrons. The van der Waals surface area contributed by atoms with Crippen molar-refractivity contribution < 1.29 is 9.18 Å². The fourth-order valence-electron chi connectivity index (χ4n) is 4.13. The van der Waals surface area contributed by atoms with Crippen LogP contribution in [0.4, 0.5) is 4.39 Å². The number of aryl methyl sites for hydroxylation is 2. The number of aromatic nitrogens is 1. The van der Waals surface area contributed by atoms with E-state index >= 15 is 0 Å². The zero-order valence-corrected chi connectivity index (χ0v) is 18.4. The molecule has 0 aliphatic carbocycles. The Bertz CT molecular complexity index is 1170. The monoisotopic (exact) mass is 428 g/mol. The van der Waals surface area contributed by atoms with Gasteiger partial charge in [0.25, 0.3) is 0 Å². The molecule has 1 aromatic heterocycles. The topological polar surface area (TPSA) is 34.0 Å². The molecular formula is C28H29FN2O. The van der Waals surface area contributed by atoms with Crippen LogP contribution in [0, 0.1) is 5.82 Å². The summed E-state index contributed by atoms with van der Waals surface area (Å²) in [6.45, 7) is 2.74. The van der Waals surface area contributed by atoms with Crippen molar-refractivity contribution in [3.8, 4) is 0 Å². The van der Waals surface area contributed by atoms with Gasteiger partial charge in [-0.1, -0.05) is 60.7 Å². The Labute approximate surface area is 188 Å².